The average Bonchev–Trinajstić information content (AvgIpc) is 3.19. The second-order valence-electron chi connectivity index (χ2n) is 8.00. The maximum absolute atomic E-state index is 12.5. The van der Waals surface area contributed by atoms with Crippen LogP contribution in [0.25, 0.3) is 10.8 Å². The number of hydrogen-bond donors (Lipinski definition) is 1. The fourth-order valence-corrected chi connectivity index (χ4v) is 4.04. The number of hydrogen-bond acceptors (Lipinski definition) is 4. The summed E-state index contributed by atoms with van der Waals surface area (Å²) in [7, 11) is 4.21. The molecule has 0 bridgehead atoms. The molecule has 1 N–H and O–H groups in total. The number of piperazine rings is 1. The summed E-state index contributed by atoms with van der Waals surface area (Å²) in [5.41, 5.74) is 1.22. The monoisotopic (exact) mass is 406 g/mol. The van der Waals surface area contributed by atoms with Crippen molar-refractivity contribution < 1.29 is 9.53 Å². The third-order valence-electron chi connectivity index (χ3n) is 5.89. The van der Waals surface area contributed by atoms with Gasteiger partial charge in [-0.2, -0.15) is 0 Å². The van der Waals surface area contributed by atoms with Crippen molar-refractivity contribution in [3.05, 3.63) is 66.5 Å². The zero-order chi connectivity index (χ0) is 20.9. The number of benzene rings is 2. The van der Waals surface area contributed by atoms with E-state index in [0.717, 1.165) is 37.0 Å². The molecule has 2 heterocycles. The molecule has 3 aromatic rings. The summed E-state index contributed by atoms with van der Waals surface area (Å²) < 4.78 is 7.88. The minimum Gasteiger partial charge on any atom is -0.484 e. The number of aryl methyl sites for hydroxylation is 1. The van der Waals surface area contributed by atoms with E-state index < -0.39 is 0 Å². The molecule has 1 unspecified atom stereocenters. The second kappa shape index (κ2) is 9.32. The van der Waals surface area contributed by atoms with Crippen LogP contribution in [0.1, 0.15) is 11.7 Å². The van der Waals surface area contributed by atoms with Gasteiger partial charge in [0.2, 0.25) is 0 Å². The van der Waals surface area contributed by atoms with E-state index >= 15 is 0 Å². The van der Waals surface area contributed by atoms with Gasteiger partial charge in [-0.1, -0.05) is 30.3 Å². The molecule has 1 aliphatic heterocycles. The van der Waals surface area contributed by atoms with Crippen molar-refractivity contribution in [3.63, 3.8) is 0 Å². The van der Waals surface area contributed by atoms with E-state index in [1.807, 2.05) is 36.4 Å². The summed E-state index contributed by atoms with van der Waals surface area (Å²) in [4.78, 5) is 17.3. The summed E-state index contributed by atoms with van der Waals surface area (Å²) in [6.45, 7) is 4.66. The molecule has 0 saturated carbocycles. The van der Waals surface area contributed by atoms with Crippen molar-refractivity contribution in [2.24, 2.45) is 7.05 Å². The molecule has 0 radical (unpaired) electrons. The SMILES string of the molecule is CN1CCN(C(CNC(=O)COc2ccc3ccccc3c2)c2cccn2C)CC1. The first-order chi connectivity index (χ1) is 14.6. The Morgan fingerprint density at radius 1 is 1.00 bits per heavy atom. The van der Waals surface area contributed by atoms with E-state index in [1.165, 1.54) is 5.69 Å². The number of carbonyl (C=O) groups is 1. The third kappa shape index (κ3) is 4.83. The van der Waals surface area contributed by atoms with Crippen LogP contribution in [-0.2, 0) is 11.8 Å². The topological polar surface area (TPSA) is 49.7 Å². The Bertz CT molecular complexity index is 992. The number of fused-ring (bicyclic) bond motifs is 1. The predicted molar refractivity (Wildman–Crippen MR) is 120 cm³/mol. The molecule has 0 aliphatic carbocycles. The number of likely N-dealkylation sites (N-methyl/N-ethyl adjacent to an activating group) is 1. The Morgan fingerprint density at radius 2 is 1.77 bits per heavy atom. The zero-order valence-electron chi connectivity index (χ0n) is 17.8. The number of amides is 1. The van der Waals surface area contributed by atoms with Gasteiger partial charge in [0.25, 0.3) is 5.91 Å². The largest absolute Gasteiger partial charge is 0.484 e. The quantitative estimate of drug-likeness (QED) is 0.655. The summed E-state index contributed by atoms with van der Waals surface area (Å²) in [5, 5.41) is 5.35. The van der Waals surface area contributed by atoms with Gasteiger partial charge in [-0.15, -0.1) is 0 Å². The van der Waals surface area contributed by atoms with Crippen LogP contribution in [0.4, 0.5) is 0 Å². The maximum atomic E-state index is 12.5. The fourth-order valence-electron chi connectivity index (χ4n) is 4.04. The van der Waals surface area contributed by atoms with E-state index in [-0.39, 0.29) is 18.6 Å². The Balaban J connectivity index is 1.35. The standard InChI is InChI=1S/C24H30N4O2/c1-26-12-14-28(15-13-26)23(22-8-5-11-27(22)2)17-25-24(29)18-30-21-10-9-19-6-3-4-7-20(19)16-21/h3-11,16,23H,12-15,17-18H2,1-2H3,(H,25,29). The first kappa shape index (κ1) is 20.4. The van der Waals surface area contributed by atoms with Crippen molar-refractivity contribution in [3.8, 4) is 5.75 Å². The number of rotatable bonds is 7. The highest BCUT2D eigenvalue weighted by Crippen LogP contribution is 2.22. The van der Waals surface area contributed by atoms with Crippen molar-refractivity contribution in [2.45, 2.75) is 6.04 Å². The van der Waals surface area contributed by atoms with Gasteiger partial charge in [-0.05, 0) is 42.1 Å². The molecule has 1 aromatic heterocycles. The highest BCUT2D eigenvalue weighted by Gasteiger charge is 2.25. The van der Waals surface area contributed by atoms with E-state index in [1.54, 1.807) is 0 Å². The van der Waals surface area contributed by atoms with Gasteiger partial charge in [0.1, 0.15) is 5.75 Å². The van der Waals surface area contributed by atoms with Crippen LogP contribution in [0.2, 0.25) is 0 Å². The third-order valence-corrected chi connectivity index (χ3v) is 5.89. The first-order valence-corrected chi connectivity index (χ1v) is 10.5. The van der Waals surface area contributed by atoms with Gasteiger partial charge in [-0.3, -0.25) is 9.69 Å². The lowest BCUT2D eigenvalue weighted by Gasteiger charge is -2.38. The van der Waals surface area contributed by atoms with Gasteiger partial charge in [0, 0.05) is 51.7 Å². The first-order valence-electron chi connectivity index (χ1n) is 10.5. The van der Waals surface area contributed by atoms with Gasteiger partial charge in [-0.25, -0.2) is 0 Å². The van der Waals surface area contributed by atoms with E-state index in [9.17, 15) is 4.79 Å². The minimum absolute atomic E-state index is 0.0148. The van der Waals surface area contributed by atoms with Crippen LogP contribution in [0.5, 0.6) is 5.75 Å². The molecule has 1 fully saturated rings. The maximum Gasteiger partial charge on any atom is 0.258 e. The molecule has 1 saturated heterocycles. The van der Waals surface area contributed by atoms with Crippen LogP contribution in [0.15, 0.2) is 60.8 Å². The van der Waals surface area contributed by atoms with Gasteiger partial charge in [0.05, 0.1) is 6.04 Å². The molecule has 0 spiro atoms. The summed E-state index contributed by atoms with van der Waals surface area (Å²) >= 11 is 0. The van der Waals surface area contributed by atoms with E-state index in [2.05, 4.69) is 58.2 Å². The Kier molecular flexibility index (Phi) is 6.35. The van der Waals surface area contributed by atoms with Crippen molar-refractivity contribution in [1.29, 1.82) is 0 Å². The highest BCUT2D eigenvalue weighted by molar-refractivity contribution is 5.84. The van der Waals surface area contributed by atoms with E-state index in [0.29, 0.717) is 12.3 Å². The van der Waals surface area contributed by atoms with Gasteiger partial charge >= 0.3 is 0 Å². The van der Waals surface area contributed by atoms with Crippen LogP contribution >= 0.6 is 0 Å². The number of ether oxygens (including phenoxy) is 1. The lowest BCUT2D eigenvalue weighted by molar-refractivity contribution is -0.123. The van der Waals surface area contributed by atoms with Gasteiger partial charge < -0.3 is 19.5 Å². The van der Waals surface area contributed by atoms with Crippen molar-refractivity contribution in [2.75, 3.05) is 46.4 Å². The molecule has 2 aromatic carbocycles. The molecule has 6 heteroatoms. The molecular weight excluding hydrogens is 376 g/mol. The van der Waals surface area contributed by atoms with Crippen LogP contribution < -0.4 is 10.1 Å². The molecule has 1 atom stereocenters. The van der Waals surface area contributed by atoms with Crippen molar-refractivity contribution in [1.82, 2.24) is 19.7 Å². The molecule has 1 amide bonds. The molecular formula is C24H30N4O2. The smallest absolute Gasteiger partial charge is 0.258 e. The number of nitrogens with one attached hydrogen (secondary N) is 1. The van der Waals surface area contributed by atoms with Crippen LogP contribution in [0.3, 0.4) is 0 Å². The van der Waals surface area contributed by atoms with Crippen LogP contribution in [0, 0.1) is 0 Å². The summed E-state index contributed by atoms with van der Waals surface area (Å²) in [5.74, 6) is 0.610. The minimum atomic E-state index is -0.100. The summed E-state index contributed by atoms with van der Waals surface area (Å²) in [6.07, 6.45) is 2.06. The molecule has 1 aliphatic rings. The lowest BCUT2D eigenvalue weighted by atomic mass is 10.1. The molecule has 30 heavy (non-hydrogen) atoms. The highest BCUT2D eigenvalue weighted by atomic mass is 16.5. The van der Waals surface area contributed by atoms with Crippen molar-refractivity contribution >= 4 is 16.7 Å². The van der Waals surface area contributed by atoms with Gasteiger partial charge in [0.15, 0.2) is 6.61 Å². The predicted octanol–water partition coefficient (Wildman–Crippen LogP) is 2.66. The Hall–Kier alpha value is -2.83. The van der Waals surface area contributed by atoms with Crippen LogP contribution in [-0.4, -0.2) is 66.7 Å². The second-order valence-corrected chi connectivity index (χ2v) is 8.00. The summed E-state index contributed by atoms with van der Waals surface area (Å²) in [6, 6.07) is 18.4. The molecule has 158 valence electrons. The normalized spacial score (nSPS) is 16.5. The number of carbonyl (C=O) groups excluding carboxylic acids is 1. The number of nitrogens with zero attached hydrogens (tertiary/aromatic N) is 3. The average molecular weight is 407 g/mol. The molecule has 4 rings (SSSR count). The van der Waals surface area contributed by atoms with E-state index in [4.69, 9.17) is 4.74 Å². The molecule has 6 nitrogen and oxygen atoms in total. The fraction of sp³-hybridized carbons (Fsp3) is 0.375. The zero-order valence-corrected chi connectivity index (χ0v) is 17.8. The Labute approximate surface area is 178 Å². The Morgan fingerprint density at radius 3 is 2.50 bits per heavy atom. The number of aromatic nitrogens is 1. The lowest BCUT2D eigenvalue weighted by Crippen LogP contribution is -2.49.